The normalized spacial score (nSPS) is 14.6. The fraction of sp³-hybridized carbons (Fsp3) is 0.364. The van der Waals surface area contributed by atoms with Crippen molar-refractivity contribution in [3.8, 4) is 5.75 Å². The molecular weight excluding hydrogens is 418 g/mol. The maximum absolute atomic E-state index is 13.0. The molecule has 3 rings (SSSR count). The van der Waals surface area contributed by atoms with Gasteiger partial charge in [-0.15, -0.1) is 0 Å². The third-order valence-electron chi connectivity index (χ3n) is 4.95. The van der Waals surface area contributed by atoms with Crippen LogP contribution >= 0.6 is 0 Å². The first-order valence-corrected chi connectivity index (χ1v) is 11.6. The van der Waals surface area contributed by atoms with E-state index in [4.69, 9.17) is 4.74 Å². The van der Waals surface area contributed by atoms with Crippen LogP contribution in [-0.2, 0) is 19.6 Å². The Kier molecular flexibility index (Phi) is 7.29. The van der Waals surface area contributed by atoms with E-state index in [-0.39, 0.29) is 17.4 Å². The first-order valence-electron chi connectivity index (χ1n) is 10.2. The van der Waals surface area contributed by atoms with E-state index in [2.05, 4.69) is 10.6 Å². The van der Waals surface area contributed by atoms with Crippen LogP contribution in [0.2, 0.25) is 0 Å². The first kappa shape index (κ1) is 22.8. The Hall–Kier alpha value is -2.91. The van der Waals surface area contributed by atoms with Crippen LogP contribution in [0.25, 0.3) is 0 Å². The van der Waals surface area contributed by atoms with Gasteiger partial charge in [0.25, 0.3) is 5.91 Å². The van der Waals surface area contributed by atoms with E-state index in [9.17, 15) is 18.0 Å². The minimum atomic E-state index is -3.60. The number of ether oxygens (including phenoxy) is 1. The van der Waals surface area contributed by atoms with Gasteiger partial charge in [-0.3, -0.25) is 9.59 Å². The fourth-order valence-electron chi connectivity index (χ4n) is 3.38. The quantitative estimate of drug-likeness (QED) is 0.681. The summed E-state index contributed by atoms with van der Waals surface area (Å²) in [6.45, 7) is 3.97. The van der Waals surface area contributed by atoms with Crippen LogP contribution in [0.5, 0.6) is 5.75 Å². The van der Waals surface area contributed by atoms with Gasteiger partial charge >= 0.3 is 0 Å². The summed E-state index contributed by atoms with van der Waals surface area (Å²) in [6.07, 6.45) is 2.76. The highest BCUT2D eigenvalue weighted by Gasteiger charge is 2.27. The Morgan fingerprint density at radius 2 is 1.61 bits per heavy atom. The van der Waals surface area contributed by atoms with Gasteiger partial charge in [-0.05, 0) is 61.7 Å². The molecule has 0 atom stereocenters. The Morgan fingerprint density at radius 1 is 0.968 bits per heavy atom. The number of amides is 2. The number of hydrogen-bond donors (Lipinski definition) is 2. The summed E-state index contributed by atoms with van der Waals surface area (Å²) in [6, 6.07) is 11.5. The second kappa shape index (κ2) is 9.93. The zero-order valence-corrected chi connectivity index (χ0v) is 18.5. The molecule has 0 unspecified atom stereocenters. The zero-order valence-electron chi connectivity index (χ0n) is 17.7. The number of anilines is 2. The largest absolute Gasteiger partial charge is 0.484 e. The topological polar surface area (TPSA) is 105 Å². The SMILES string of the molecule is CC(=O)Nc1ccc(OCC(=O)Nc2ccc(C)c(S(=O)(=O)N3CCCCC3)c2)cc1. The molecule has 1 fully saturated rings. The number of rotatable bonds is 7. The number of carbonyl (C=O) groups is 2. The van der Waals surface area contributed by atoms with Gasteiger partial charge in [0.05, 0.1) is 4.90 Å². The maximum atomic E-state index is 13.0. The van der Waals surface area contributed by atoms with Crippen molar-refractivity contribution in [2.24, 2.45) is 0 Å². The molecule has 1 heterocycles. The molecule has 0 saturated carbocycles. The van der Waals surface area contributed by atoms with Crippen LogP contribution < -0.4 is 15.4 Å². The molecule has 166 valence electrons. The summed E-state index contributed by atoms with van der Waals surface area (Å²) in [5.74, 6) is -0.106. The van der Waals surface area contributed by atoms with Gasteiger partial charge in [0.2, 0.25) is 15.9 Å². The number of nitrogens with one attached hydrogen (secondary N) is 2. The van der Waals surface area contributed by atoms with Crippen molar-refractivity contribution in [3.63, 3.8) is 0 Å². The third-order valence-corrected chi connectivity index (χ3v) is 6.99. The van der Waals surface area contributed by atoms with Crippen molar-refractivity contribution >= 4 is 33.2 Å². The summed E-state index contributed by atoms with van der Waals surface area (Å²) in [4.78, 5) is 23.6. The van der Waals surface area contributed by atoms with Crippen molar-refractivity contribution in [3.05, 3.63) is 48.0 Å². The van der Waals surface area contributed by atoms with Crippen LogP contribution in [0.1, 0.15) is 31.7 Å². The van der Waals surface area contributed by atoms with E-state index in [1.165, 1.54) is 17.3 Å². The molecule has 0 aromatic heterocycles. The number of benzene rings is 2. The van der Waals surface area contributed by atoms with Crippen LogP contribution in [0.4, 0.5) is 11.4 Å². The average Bonchev–Trinajstić information content (AvgIpc) is 2.75. The molecule has 1 aliphatic rings. The minimum Gasteiger partial charge on any atom is -0.484 e. The van der Waals surface area contributed by atoms with Crippen LogP contribution in [0.3, 0.4) is 0 Å². The van der Waals surface area contributed by atoms with Crippen LogP contribution in [-0.4, -0.2) is 44.2 Å². The maximum Gasteiger partial charge on any atom is 0.262 e. The third kappa shape index (κ3) is 6.05. The molecule has 31 heavy (non-hydrogen) atoms. The lowest BCUT2D eigenvalue weighted by atomic mass is 10.2. The monoisotopic (exact) mass is 445 g/mol. The second-order valence-corrected chi connectivity index (χ2v) is 9.39. The molecular formula is C22H27N3O5S. The minimum absolute atomic E-state index is 0.173. The molecule has 0 spiro atoms. The molecule has 0 radical (unpaired) electrons. The fourth-order valence-corrected chi connectivity index (χ4v) is 5.15. The molecule has 0 bridgehead atoms. The predicted molar refractivity (Wildman–Crippen MR) is 119 cm³/mol. The van der Waals surface area contributed by atoms with Gasteiger partial charge in [0, 0.05) is 31.4 Å². The summed E-state index contributed by atoms with van der Waals surface area (Å²) in [5, 5.41) is 5.34. The highest BCUT2D eigenvalue weighted by molar-refractivity contribution is 7.89. The molecule has 1 saturated heterocycles. The van der Waals surface area contributed by atoms with Gasteiger partial charge in [0.1, 0.15) is 5.75 Å². The van der Waals surface area contributed by atoms with Crippen molar-refractivity contribution < 1.29 is 22.7 Å². The van der Waals surface area contributed by atoms with E-state index in [0.29, 0.717) is 35.8 Å². The molecule has 0 aliphatic carbocycles. The lowest BCUT2D eigenvalue weighted by Gasteiger charge is -2.26. The van der Waals surface area contributed by atoms with Gasteiger partial charge in [-0.25, -0.2) is 8.42 Å². The van der Waals surface area contributed by atoms with E-state index in [0.717, 1.165) is 19.3 Å². The Bertz CT molecular complexity index is 1050. The van der Waals surface area contributed by atoms with Crippen molar-refractivity contribution in [1.29, 1.82) is 0 Å². The number of aryl methyl sites for hydroxylation is 1. The van der Waals surface area contributed by atoms with Crippen molar-refractivity contribution in [2.75, 3.05) is 30.3 Å². The van der Waals surface area contributed by atoms with E-state index < -0.39 is 15.9 Å². The van der Waals surface area contributed by atoms with Crippen LogP contribution in [0.15, 0.2) is 47.4 Å². The molecule has 2 aromatic carbocycles. The highest BCUT2D eigenvalue weighted by atomic mass is 32.2. The predicted octanol–water partition coefficient (Wildman–Crippen LogP) is 3.15. The Morgan fingerprint density at radius 3 is 2.26 bits per heavy atom. The zero-order chi connectivity index (χ0) is 22.4. The number of nitrogens with zero attached hydrogens (tertiary/aromatic N) is 1. The second-order valence-electron chi connectivity index (χ2n) is 7.49. The molecule has 9 heteroatoms. The smallest absolute Gasteiger partial charge is 0.262 e. The molecule has 8 nitrogen and oxygen atoms in total. The number of hydrogen-bond acceptors (Lipinski definition) is 5. The van der Waals surface area contributed by atoms with Gasteiger partial charge in [-0.1, -0.05) is 12.5 Å². The highest BCUT2D eigenvalue weighted by Crippen LogP contribution is 2.26. The average molecular weight is 446 g/mol. The van der Waals surface area contributed by atoms with Gasteiger partial charge in [0.15, 0.2) is 6.61 Å². The molecule has 2 amide bonds. The van der Waals surface area contributed by atoms with E-state index in [1.807, 2.05) is 0 Å². The Labute approximate surface area is 182 Å². The molecule has 2 aromatic rings. The van der Waals surface area contributed by atoms with Crippen LogP contribution in [0, 0.1) is 6.92 Å². The van der Waals surface area contributed by atoms with Crippen molar-refractivity contribution in [1.82, 2.24) is 4.31 Å². The van der Waals surface area contributed by atoms with E-state index >= 15 is 0 Å². The van der Waals surface area contributed by atoms with E-state index in [1.54, 1.807) is 43.3 Å². The lowest BCUT2D eigenvalue weighted by molar-refractivity contribution is -0.118. The summed E-state index contributed by atoms with van der Waals surface area (Å²) >= 11 is 0. The van der Waals surface area contributed by atoms with Gasteiger partial charge < -0.3 is 15.4 Å². The standard InChI is InChI=1S/C22H27N3O5S/c1-16-6-7-19(14-21(16)31(28,29)25-12-4-3-5-13-25)24-22(27)15-30-20-10-8-18(9-11-20)23-17(2)26/h6-11,14H,3-5,12-13,15H2,1-2H3,(H,23,26)(H,24,27). The summed E-state index contributed by atoms with van der Waals surface area (Å²) < 4.78 is 33.0. The summed E-state index contributed by atoms with van der Waals surface area (Å²) in [5.41, 5.74) is 1.67. The summed E-state index contributed by atoms with van der Waals surface area (Å²) in [7, 11) is -3.60. The van der Waals surface area contributed by atoms with Crippen molar-refractivity contribution in [2.45, 2.75) is 38.0 Å². The molecule has 2 N–H and O–H groups in total. The Balaban J connectivity index is 1.62. The number of piperidine rings is 1. The number of carbonyl (C=O) groups excluding carboxylic acids is 2. The first-order chi connectivity index (χ1) is 14.8. The lowest BCUT2D eigenvalue weighted by Crippen LogP contribution is -2.36. The number of sulfonamides is 1. The van der Waals surface area contributed by atoms with Gasteiger partial charge in [-0.2, -0.15) is 4.31 Å². The molecule has 1 aliphatic heterocycles.